The van der Waals surface area contributed by atoms with Crippen molar-refractivity contribution in [2.24, 2.45) is 5.73 Å². The van der Waals surface area contributed by atoms with E-state index in [1.54, 1.807) is 24.3 Å². The summed E-state index contributed by atoms with van der Waals surface area (Å²) in [6.45, 7) is -0.551. The Balaban J connectivity index is 1.31. The topological polar surface area (TPSA) is 137 Å². The molecule has 3 amide bonds. The van der Waals surface area contributed by atoms with Crippen molar-refractivity contribution in [3.05, 3.63) is 40.3 Å². The number of ether oxygens (including phenoxy) is 2. The number of hydrogen-bond donors (Lipinski definition) is 3. The van der Waals surface area contributed by atoms with Crippen LogP contribution in [0.15, 0.2) is 24.3 Å². The highest BCUT2D eigenvalue weighted by Crippen LogP contribution is 2.38. The number of benzene rings is 1. The molecular formula is C20H19N3O6S. The van der Waals surface area contributed by atoms with E-state index >= 15 is 0 Å². The van der Waals surface area contributed by atoms with Crippen LogP contribution in [0.3, 0.4) is 0 Å². The maximum absolute atomic E-state index is 12.2. The third-order valence-corrected chi connectivity index (χ3v) is 6.05. The van der Waals surface area contributed by atoms with Crippen molar-refractivity contribution in [3.8, 4) is 5.75 Å². The molecule has 2 heterocycles. The fraction of sp³-hybridized carbons (Fsp3) is 0.300. The number of hydrogen-bond acceptors (Lipinski definition) is 7. The number of para-hydroxylation sites is 2. The minimum atomic E-state index is -1.04. The number of aryl methyl sites for hydroxylation is 1. The molecule has 156 valence electrons. The van der Waals surface area contributed by atoms with E-state index in [1.165, 1.54) is 11.3 Å². The molecule has 30 heavy (non-hydrogen) atoms. The van der Waals surface area contributed by atoms with Gasteiger partial charge in [0, 0.05) is 4.88 Å². The number of fused-ring (bicyclic) bond motifs is 2. The summed E-state index contributed by atoms with van der Waals surface area (Å²) in [5.74, 6) is -1.95. The Kier molecular flexibility index (Phi) is 5.40. The molecule has 1 aliphatic heterocycles. The number of nitrogens with two attached hydrogens (primary N) is 1. The van der Waals surface area contributed by atoms with Gasteiger partial charge in [-0.25, -0.2) is 0 Å². The number of amides is 3. The van der Waals surface area contributed by atoms with Gasteiger partial charge < -0.3 is 25.8 Å². The molecular weight excluding hydrogens is 410 g/mol. The largest absolute Gasteiger partial charge is 0.478 e. The molecule has 1 aliphatic carbocycles. The second-order valence-electron chi connectivity index (χ2n) is 6.93. The van der Waals surface area contributed by atoms with Crippen molar-refractivity contribution in [3.63, 3.8) is 0 Å². The molecule has 1 aromatic carbocycles. The van der Waals surface area contributed by atoms with E-state index in [9.17, 15) is 19.2 Å². The Morgan fingerprint density at radius 3 is 2.87 bits per heavy atom. The summed E-state index contributed by atoms with van der Waals surface area (Å²) >= 11 is 1.32. The normalized spacial score (nSPS) is 16.7. The predicted octanol–water partition coefficient (Wildman–Crippen LogP) is 1.61. The Morgan fingerprint density at radius 2 is 2.07 bits per heavy atom. The van der Waals surface area contributed by atoms with Gasteiger partial charge in [0.1, 0.15) is 10.8 Å². The zero-order valence-electron chi connectivity index (χ0n) is 15.9. The summed E-state index contributed by atoms with van der Waals surface area (Å²) in [5.41, 5.74) is 7.21. The van der Waals surface area contributed by atoms with Gasteiger partial charge in [-0.15, -0.1) is 11.3 Å². The zero-order chi connectivity index (χ0) is 21.3. The minimum absolute atomic E-state index is 0.332. The van der Waals surface area contributed by atoms with Gasteiger partial charge in [0.2, 0.25) is 0 Å². The summed E-state index contributed by atoms with van der Waals surface area (Å²) in [5, 5.41) is 5.62. The van der Waals surface area contributed by atoms with E-state index in [0.717, 1.165) is 29.7 Å². The molecule has 0 bridgehead atoms. The molecule has 4 rings (SSSR count). The molecule has 0 saturated carbocycles. The van der Waals surface area contributed by atoms with Crippen LogP contribution < -0.4 is 21.1 Å². The Hall–Kier alpha value is -3.40. The number of rotatable bonds is 6. The average molecular weight is 429 g/mol. The third-order valence-electron chi connectivity index (χ3n) is 4.84. The van der Waals surface area contributed by atoms with Crippen LogP contribution in [0.25, 0.3) is 0 Å². The van der Waals surface area contributed by atoms with Gasteiger partial charge in [-0.05, 0) is 37.0 Å². The first-order chi connectivity index (χ1) is 14.4. The van der Waals surface area contributed by atoms with Crippen LogP contribution in [0.2, 0.25) is 0 Å². The summed E-state index contributed by atoms with van der Waals surface area (Å²) in [4.78, 5) is 49.2. The highest BCUT2D eigenvalue weighted by molar-refractivity contribution is 7.17. The van der Waals surface area contributed by atoms with Crippen molar-refractivity contribution in [1.29, 1.82) is 0 Å². The number of primary amides is 1. The molecule has 0 saturated heterocycles. The fourth-order valence-corrected chi connectivity index (χ4v) is 4.81. The van der Waals surface area contributed by atoms with Gasteiger partial charge in [0.25, 0.3) is 17.7 Å². The molecule has 2 aliphatic rings. The van der Waals surface area contributed by atoms with Crippen molar-refractivity contribution in [1.82, 2.24) is 0 Å². The standard InChI is InChI=1S/C20H19N3O6S/c21-18(26)17-10-4-3-7-14(10)30-20(17)23-15(24)9-28-16(25)8-13-19(27)22-11-5-1-2-6-12(11)29-13/h1-2,5-6,13H,3-4,7-9H2,(H2,21,26)(H,22,27)(H,23,24). The van der Waals surface area contributed by atoms with Crippen LogP contribution in [-0.4, -0.2) is 36.4 Å². The maximum Gasteiger partial charge on any atom is 0.310 e. The lowest BCUT2D eigenvalue weighted by atomic mass is 10.1. The lowest BCUT2D eigenvalue weighted by Crippen LogP contribution is -2.39. The average Bonchev–Trinajstić information content (AvgIpc) is 3.27. The van der Waals surface area contributed by atoms with E-state index < -0.39 is 36.4 Å². The first-order valence-electron chi connectivity index (χ1n) is 9.38. The molecule has 0 spiro atoms. The number of anilines is 2. The van der Waals surface area contributed by atoms with Crippen LogP contribution in [0.1, 0.15) is 33.6 Å². The molecule has 4 N–H and O–H groups in total. The Morgan fingerprint density at radius 1 is 1.27 bits per heavy atom. The second kappa shape index (κ2) is 8.15. The summed E-state index contributed by atoms with van der Waals surface area (Å²) in [6, 6.07) is 6.86. The van der Waals surface area contributed by atoms with Gasteiger partial charge in [-0.2, -0.15) is 0 Å². The van der Waals surface area contributed by atoms with Gasteiger partial charge in [-0.1, -0.05) is 12.1 Å². The van der Waals surface area contributed by atoms with Gasteiger partial charge in [-0.3, -0.25) is 19.2 Å². The first-order valence-corrected chi connectivity index (χ1v) is 10.2. The molecule has 1 aromatic heterocycles. The van der Waals surface area contributed by atoms with E-state index in [0.29, 0.717) is 22.0 Å². The van der Waals surface area contributed by atoms with Crippen molar-refractivity contribution in [2.75, 3.05) is 17.2 Å². The van der Waals surface area contributed by atoms with Crippen LogP contribution >= 0.6 is 11.3 Å². The number of nitrogens with one attached hydrogen (secondary N) is 2. The van der Waals surface area contributed by atoms with Crippen molar-refractivity contribution < 1.29 is 28.7 Å². The number of carbonyl (C=O) groups excluding carboxylic acids is 4. The fourth-order valence-electron chi connectivity index (χ4n) is 3.50. The van der Waals surface area contributed by atoms with E-state index in [1.807, 2.05) is 0 Å². The quantitative estimate of drug-likeness (QED) is 0.597. The molecule has 0 fully saturated rings. The second-order valence-corrected chi connectivity index (χ2v) is 8.04. The number of carbonyl (C=O) groups is 4. The molecule has 10 heteroatoms. The van der Waals surface area contributed by atoms with Gasteiger partial charge in [0.05, 0.1) is 17.7 Å². The molecule has 2 aromatic rings. The molecule has 9 nitrogen and oxygen atoms in total. The zero-order valence-corrected chi connectivity index (χ0v) is 16.7. The Labute approximate surface area is 175 Å². The van der Waals surface area contributed by atoms with Crippen molar-refractivity contribution >= 4 is 45.7 Å². The summed E-state index contributed by atoms with van der Waals surface area (Å²) in [6.07, 6.45) is 1.17. The smallest absolute Gasteiger partial charge is 0.310 e. The molecule has 0 radical (unpaired) electrons. The minimum Gasteiger partial charge on any atom is -0.478 e. The lowest BCUT2D eigenvalue weighted by Gasteiger charge is -2.25. The summed E-state index contributed by atoms with van der Waals surface area (Å²) < 4.78 is 10.5. The van der Waals surface area contributed by atoms with Crippen LogP contribution in [0, 0.1) is 0 Å². The molecule has 1 atom stereocenters. The lowest BCUT2D eigenvalue weighted by molar-refractivity contribution is -0.150. The van der Waals surface area contributed by atoms with E-state index in [-0.39, 0.29) is 6.42 Å². The van der Waals surface area contributed by atoms with E-state index in [2.05, 4.69) is 10.6 Å². The Bertz CT molecular complexity index is 1050. The number of thiophene rings is 1. The third kappa shape index (κ3) is 3.99. The molecule has 1 unspecified atom stereocenters. The first kappa shape index (κ1) is 19.9. The van der Waals surface area contributed by atoms with Crippen LogP contribution in [0.4, 0.5) is 10.7 Å². The summed E-state index contributed by atoms with van der Waals surface area (Å²) in [7, 11) is 0. The number of esters is 1. The van der Waals surface area contributed by atoms with Crippen molar-refractivity contribution in [2.45, 2.75) is 31.8 Å². The monoisotopic (exact) mass is 429 g/mol. The maximum atomic E-state index is 12.2. The van der Waals surface area contributed by atoms with Gasteiger partial charge >= 0.3 is 5.97 Å². The van der Waals surface area contributed by atoms with Gasteiger partial charge in [0.15, 0.2) is 12.7 Å². The van der Waals surface area contributed by atoms with Crippen LogP contribution in [0.5, 0.6) is 5.75 Å². The SMILES string of the molecule is NC(=O)c1c(NC(=O)COC(=O)CC2Oc3ccccc3NC2=O)sc2c1CCC2. The highest BCUT2D eigenvalue weighted by Gasteiger charge is 2.31. The van der Waals surface area contributed by atoms with Crippen LogP contribution in [-0.2, 0) is 32.0 Å². The highest BCUT2D eigenvalue weighted by atomic mass is 32.1. The van der Waals surface area contributed by atoms with E-state index in [4.69, 9.17) is 15.2 Å². The predicted molar refractivity (Wildman–Crippen MR) is 109 cm³/mol.